The Morgan fingerprint density at radius 2 is 2.62 bits per heavy atom. The van der Waals surface area contributed by atoms with E-state index >= 15 is 0 Å². The molecule has 1 saturated heterocycles. The molecule has 2 rings (SSSR count). The van der Waals surface area contributed by atoms with Crippen LogP contribution in [0.25, 0.3) is 0 Å². The molecule has 2 N–H and O–H groups in total. The minimum atomic E-state index is 0.182. The minimum absolute atomic E-state index is 0.182. The van der Waals surface area contributed by atoms with Gasteiger partial charge < -0.3 is 10.5 Å². The highest BCUT2D eigenvalue weighted by Crippen LogP contribution is 2.19. The molecule has 1 aromatic heterocycles. The molecule has 2 atom stereocenters. The van der Waals surface area contributed by atoms with E-state index in [1.807, 2.05) is 0 Å². The summed E-state index contributed by atoms with van der Waals surface area (Å²) in [5.41, 5.74) is 6.05. The molecule has 2 unspecified atom stereocenters. The lowest BCUT2D eigenvalue weighted by molar-refractivity contribution is 0.0902. The Hall–Kier alpha value is -0.380. The highest BCUT2D eigenvalue weighted by molar-refractivity contribution is 7.09. The Labute approximate surface area is 82.7 Å². The average Bonchev–Trinajstić information content (AvgIpc) is 2.74. The monoisotopic (exact) mass is 197 g/mol. The molecular formula is C10H15NOS. The van der Waals surface area contributed by atoms with Gasteiger partial charge >= 0.3 is 0 Å². The Morgan fingerprint density at radius 1 is 1.69 bits per heavy atom. The van der Waals surface area contributed by atoms with Gasteiger partial charge in [0.2, 0.25) is 0 Å². The maximum atomic E-state index is 6.05. The molecule has 3 heteroatoms. The second-order valence-corrected chi connectivity index (χ2v) is 4.53. The summed E-state index contributed by atoms with van der Waals surface area (Å²) in [6.07, 6.45) is 3.56. The van der Waals surface area contributed by atoms with Crippen molar-refractivity contribution in [3.8, 4) is 0 Å². The molecule has 0 aromatic carbocycles. The second kappa shape index (κ2) is 4.22. The fourth-order valence-corrected chi connectivity index (χ4v) is 2.51. The second-order valence-electron chi connectivity index (χ2n) is 3.50. The summed E-state index contributed by atoms with van der Waals surface area (Å²) < 4.78 is 5.54. The summed E-state index contributed by atoms with van der Waals surface area (Å²) in [4.78, 5) is 1.36. The first-order valence-electron chi connectivity index (χ1n) is 4.76. The van der Waals surface area contributed by atoms with Crippen LogP contribution in [0.2, 0.25) is 0 Å². The summed E-state index contributed by atoms with van der Waals surface area (Å²) in [5, 5.41) is 2.09. The fraction of sp³-hybridized carbons (Fsp3) is 0.600. The number of hydrogen-bond donors (Lipinski definition) is 1. The van der Waals surface area contributed by atoms with Crippen molar-refractivity contribution >= 4 is 11.3 Å². The maximum Gasteiger partial charge on any atom is 0.0730 e. The molecule has 0 bridgehead atoms. The van der Waals surface area contributed by atoms with E-state index < -0.39 is 0 Å². The molecule has 0 aliphatic carbocycles. The van der Waals surface area contributed by atoms with Crippen LogP contribution in [0.5, 0.6) is 0 Å². The quantitative estimate of drug-likeness (QED) is 0.802. The first kappa shape index (κ1) is 9.19. The molecule has 72 valence electrons. The van der Waals surface area contributed by atoms with Crippen molar-refractivity contribution in [3.05, 3.63) is 22.4 Å². The van der Waals surface area contributed by atoms with Gasteiger partial charge in [0.25, 0.3) is 0 Å². The van der Waals surface area contributed by atoms with E-state index in [2.05, 4.69) is 17.5 Å². The molecule has 2 heterocycles. The van der Waals surface area contributed by atoms with Gasteiger partial charge in [0, 0.05) is 17.5 Å². The normalized spacial score (nSPS) is 24.8. The molecule has 13 heavy (non-hydrogen) atoms. The van der Waals surface area contributed by atoms with Crippen LogP contribution in [0.15, 0.2) is 17.5 Å². The largest absolute Gasteiger partial charge is 0.377 e. The zero-order valence-corrected chi connectivity index (χ0v) is 8.43. The standard InChI is InChI=1S/C10H15NOS/c11-9(10-4-1-5-12-10)7-8-3-2-6-13-8/h2-3,6,9-10H,1,4-5,7,11H2. The van der Waals surface area contributed by atoms with Gasteiger partial charge in [-0.3, -0.25) is 0 Å². The topological polar surface area (TPSA) is 35.2 Å². The van der Waals surface area contributed by atoms with E-state index in [4.69, 9.17) is 10.5 Å². The van der Waals surface area contributed by atoms with Crippen LogP contribution >= 0.6 is 11.3 Å². The van der Waals surface area contributed by atoms with E-state index in [1.165, 1.54) is 11.3 Å². The molecule has 0 spiro atoms. The van der Waals surface area contributed by atoms with Crippen LogP contribution in [0, 0.1) is 0 Å². The smallest absolute Gasteiger partial charge is 0.0730 e. The van der Waals surface area contributed by atoms with Crippen molar-refractivity contribution < 1.29 is 4.74 Å². The van der Waals surface area contributed by atoms with E-state index in [0.29, 0.717) is 6.10 Å². The summed E-state index contributed by atoms with van der Waals surface area (Å²) in [6.45, 7) is 0.892. The lowest BCUT2D eigenvalue weighted by atomic mass is 10.1. The molecule has 1 aliphatic rings. The third-order valence-electron chi connectivity index (χ3n) is 2.46. The Morgan fingerprint density at radius 3 is 3.23 bits per heavy atom. The van der Waals surface area contributed by atoms with Gasteiger partial charge in [0.15, 0.2) is 0 Å². The summed E-state index contributed by atoms with van der Waals surface area (Å²) >= 11 is 1.77. The summed E-state index contributed by atoms with van der Waals surface area (Å²) in [6, 6.07) is 4.39. The minimum Gasteiger partial charge on any atom is -0.377 e. The summed E-state index contributed by atoms with van der Waals surface area (Å²) in [7, 11) is 0. The van der Waals surface area contributed by atoms with Gasteiger partial charge in [0.05, 0.1) is 6.10 Å². The lowest BCUT2D eigenvalue weighted by Gasteiger charge is -2.17. The SMILES string of the molecule is NC(Cc1cccs1)C1CCCO1. The number of ether oxygens (including phenoxy) is 1. The number of rotatable bonds is 3. The molecule has 0 saturated carbocycles. The highest BCUT2D eigenvalue weighted by Gasteiger charge is 2.22. The van der Waals surface area contributed by atoms with Crippen molar-refractivity contribution in [2.24, 2.45) is 5.73 Å². The van der Waals surface area contributed by atoms with Gasteiger partial charge in [-0.1, -0.05) is 6.07 Å². The number of nitrogens with two attached hydrogens (primary N) is 1. The first-order chi connectivity index (χ1) is 6.36. The molecule has 1 fully saturated rings. The lowest BCUT2D eigenvalue weighted by Crippen LogP contribution is -2.35. The van der Waals surface area contributed by atoms with Crippen LogP contribution in [-0.4, -0.2) is 18.8 Å². The number of hydrogen-bond acceptors (Lipinski definition) is 3. The predicted octanol–water partition coefficient (Wildman–Crippen LogP) is 1.80. The van der Waals surface area contributed by atoms with Gasteiger partial charge in [-0.15, -0.1) is 11.3 Å². The Kier molecular flexibility index (Phi) is 2.98. The molecule has 0 amide bonds. The third-order valence-corrected chi connectivity index (χ3v) is 3.36. The van der Waals surface area contributed by atoms with Crippen LogP contribution in [0.1, 0.15) is 17.7 Å². The predicted molar refractivity (Wildman–Crippen MR) is 55.0 cm³/mol. The van der Waals surface area contributed by atoms with E-state index in [1.54, 1.807) is 11.3 Å². The highest BCUT2D eigenvalue weighted by atomic mass is 32.1. The van der Waals surface area contributed by atoms with E-state index in [-0.39, 0.29) is 6.04 Å². The Balaban J connectivity index is 1.87. The van der Waals surface area contributed by atoms with Crippen LogP contribution < -0.4 is 5.73 Å². The van der Waals surface area contributed by atoms with Crippen LogP contribution in [-0.2, 0) is 11.2 Å². The zero-order valence-electron chi connectivity index (χ0n) is 7.61. The average molecular weight is 197 g/mol. The van der Waals surface area contributed by atoms with E-state index in [0.717, 1.165) is 19.4 Å². The molecule has 1 aliphatic heterocycles. The summed E-state index contributed by atoms with van der Waals surface area (Å²) in [5.74, 6) is 0. The van der Waals surface area contributed by atoms with Crippen molar-refractivity contribution in [2.75, 3.05) is 6.61 Å². The van der Waals surface area contributed by atoms with Gasteiger partial charge in [-0.25, -0.2) is 0 Å². The first-order valence-corrected chi connectivity index (χ1v) is 5.64. The Bertz CT molecular complexity index is 241. The van der Waals surface area contributed by atoms with E-state index in [9.17, 15) is 0 Å². The van der Waals surface area contributed by atoms with Crippen molar-refractivity contribution in [1.29, 1.82) is 0 Å². The van der Waals surface area contributed by atoms with Crippen molar-refractivity contribution in [2.45, 2.75) is 31.4 Å². The van der Waals surface area contributed by atoms with Crippen molar-refractivity contribution in [3.63, 3.8) is 0 Å². The molecule has 0 radical (unpaired) electrons. The molecule has 1 aromatic rings. The van der Waals surface area contributed by atoms with Crippen LogP contribution in [0.4, 0.5) is 0 Å². The van der Waals surface area contributed by atoms with Crippen molar-refractivity contribution in [1.82, 2.24) is 0 Å². The maximum absolute atomic E-state index is 6.05. The van der Waals surface area contributed by atoms with Gasteiger partial charge in [-0.05, 0) is 30.7 Å². The third kappa shape index (κ3) is 2.30. The molecular weight excluding hydrogens is 182 g/mol. The van der Waals surface area contributed by atoms with Gasteiger partial charge in [-0.2, -0.15) is 0 Å². The zero-order chi connectivity index (χ0) is 9.10. The van der Waals surface area contributed by atoms with Gasteiger partial charge in [0.1, 0.15) is 0 Å². The fourth-order valence-electron chi connectivity index (χ4n) is 1.73. The van der Waals surface area contributed by atoms with Crippen LogP contribution in [0.3, 0.4) is 0 Å². The number of thiophene rings is 1. The molecule has 2 nitrogen and oxygen atoms in total.